The van der Waals surface area contributed by atoms with Gasteiger partial charge in [-0.25, -0.2) is 4.98 Å². The standard InChI is InChI=1S/C12H14Cl2N2O3/c1-7(2)16(6-5-10(17)18)12(19)11-8(13)3-4-9(14)15-11/h3-4,7H,5-6H2,1-2H3,(H,17,18). The van der Waals surface area contributed by atoms with E-state index < -0.39 is 11.9 Å². The predicted octanol–water partition coefficient (Wildman–Crippen LogP) is 2.71. The lowest BCUT2D eigenvalue weighted by molar-refractivity contribution is -0.137. The van der Waals surface area contributed by atoms with Crippen molar-refractivity contribution in [1.29, 1.82) is 0 Å². The molecule has 0 fully saturated rings. The average molecular weight is 305 g/mol. The Morgan fingerprint density at radius 3 is 2.53 bits per heavy atom. The topological polar surface area (TPSA) is 70.5 Å². The smallest absolute Gasteiger partial charge is 0.305 e. The fraction of sp³-hybridized carbons (Fsp3) is 0.417. The maximum Gasteiger partial charge on any atom is 0.305 e. The molecule has 0 aliphatic rings. The third kappa shape index (κ3) is 4.36. The van der Waals surface area contributed by atoms with Crippen LogP contribution >= 0.6 is 23.2 Å². The van der Waals surface area contributed by atoms with Crippen molar-refractivity contribution in [3.05, 3.63) is 28.0 Å². The molecule has 1 N–H and O–H groups in total. The highest BCUT2D eigenvalue weighted by atomic mass is 35.5. The Bertz CT molecular complexity index is 492. The number of pyridine rings is 1. The van der Waals surface area contributed by atoms with Gasteiger partial charge >= 0.3 is 5.97 Å². The van der Waals surface area contributed by atoms with Crippen LogP contribution in [0, 0.1) is 0 Å². The van der Waals surface area contributed by atoms with E-state index >= 15 is 0 Å². The summed E-state index contributed by atoms with van der Waals surface area (Å²) in [6.07, 6.45) is -0.137. The van der Waals surface area contributed by atoms with E-state index in [2.05, 4.69) is 4.98 Å². The second-order valence-electron chi connectivity index (χ2n) is 4.20. The van der Waals surface area contributed by atoms with E-state index in [1.54, 1.807) is 13.8 Å². The van der Waals surface area contributed by atoms with Gasteiger partial charge in [0.25, 0.3) is 5.91 Å². The highest BCUT2D eigenvalue weighted by Gasteiger charge is 2.23. The molecular weight excluding hydrogens is 291 g/mol. The number of rotatable bonds is 5. The van der Waals surface area contributed by atoms with Gasteiger partial charge in [0.05, 0.1) is 11.4 Å². The Kier molecular flexibility index (Phi) is 5.57. The minimum absolute atomic E-state index is 0.0354. The van der Waals surface area contributed by atoms with Crippen LogP contribution in [0.3, 0.4) is 0 Å². The minimum atomic E-state index is -0.969. The van der Waals surface area contributed by atoms with Crippen LogP contribution in [0.2, 0.25) is 10.2 Å². The van der Waals surface area contributed by atoms with Crippen molar-refractivity contribution in [2.24, 2.45) is 0 Å². The fourth-order valence-corrected chi connectivity index (χ4v) is 1.85. The normalized spacial score (nSPS) is 10.6. The summed E-state index contributed by atoms with van der Waals surface area (Å²) in [6.45, 7) is 3.67. The zero-order chi connectivity index (χ0) is 14.6. The number of carboxylic acid groups (broad SMARTS) is 1. The van der Waals surface area contributed by atoms with Crippen molar-refractivity contribution in [2.45, 2.75) is 26.3 Å². The van der Waals surface area contributed by atoms with Crippen LogP contribution in [0.4, 0.5) is 0 Å². The first-order chi connectivity index (χ1) is 8.82. The van der Waals surface area contributed by atoms with Gasteiger partial charge in [-0.3, -0.25) is 9.59 Å². The number of aromatic nitrogens is 1. The van der Waals surface area contributed by atoms with Crippen molar-refractivity contribution < 1.29 is 14.7 Å². The van der Waals surface area contributed by atoms with Gasteiger partial charge in [0.15, 0.2) is 0 Å². The molecule has 5 nitrogen and oxygen atoms in total. The van der Waals surface area contributed by atoms with E-state index in [0.717, 1.165) is 0 Å². The van der Waals surface area contributed by atoms with Crippen LogP contribution in [0.1, 0.15) is 30.8 Å². The number of amides is 1. The van der Waals surface area contributed by atoms with Crippen molar-refractivity contribution in [3.63, 3.8) is 0 Å². The van der Waals surface area contributed by atoms with E-state index in [0.29, 0.717) is 0 Å². The van der Waals surface area contributed by atoms with E-state index in [-0.39, 0.29) is 34.9 Å². The Balaban J connectivity index is 2.99. The first kappa shape index (κ1) is 15.7. The SMILES string of the molecule is CC(C)N(CCC(=O)O)C(=O)c1nc(Cl)ccc1Cl. The largest absolute Gasteiger partial charge is 0.481 e. The molecule has 0 saturated heterocycles. The lowest BCUT2D eigenvalue weighted by atomic mass is 10.2. The van der Waals surface area contributed by atoms with Crippen LogP contribution in [0.25, 0.3) is 0 Å². The molecule has 1 amide bonds. The Morgan fingerprint density at radius 2 is 2.00 bits per heavy atom. The van der Waals surface area contributed by atoms with E-state index in [1.807, 2.05) is 0 Å². The number of nitrogens with zero attached hydrogens (tertiary/aromatic N) is 2. The monoisotopic (exact) mass is 304 g/mol. The van der Waals surface area contributed by atoms with Gasteiger partial charge in [-0.05, 0) is 26.0 Å². The van der Waals surface area contributed by atoms with Crippen molar-refractivity contribution in [1.82, 2.24) is 9.88 Å². The molecule has 0 atom stereocenters. The van der Waals surface area contributed by atoms with Crippen LogP contribution in [-0.4, -0.2) is 39.5 Å². The number of carbonyl (C=O) groups excluding carboxylic acids is 1. The molecular formula is C12H14Cl2N2O3. The van der Waals surface area contributed by atoms with E-state index in [4.69, 9.17) is 28.3 Å². The lowest BCUT2D eigenvalue weighted by Crippen LogP contribution is -2.39. The Morgan fingerprint density at radius 1 is 1.37 bits per heavy atom. The van der Waals surface area contributed by atoms with Gasteiger partial charge in [-0.15, -0.1) is 0 Å². The van der Waals surface area contributed by atoms with Crippen LogP contribution < -0.4 is 0 Å². The van der Waals surface area contributed by atoms with Crippen molar-refractivity contribution in [2.75, 3.05) is 6.54 Å². The van der Waals surface area contributed by atoms with Crippen LogP contribution in [0.5, 0.6) is 0 Å². The quantitative estimate of drug-likeness (QED) is 0.849. The first-order valence-corrected chi connectivity index (χ1v) is 6.43. The average Bonchev–Trinajstić information content (AvgIpc) is 2.31. The van der Waals surface area contributed by atoms with Gasteiger partial charge in [0.2, 0.25) is 0 Å². The molecule has 0 bridgehead atoms. The summed E-state index contributed by atoms with van der Waals surface area (Å²) in [7, 11) is 0. The maximum atomic E-state index is 12.3. The molecule has 0 unspecified atom stereocenters. The number of hydrogen-bond acceptors (Lipinski definition) is 3. The summed E-state index contributed by atoms with van der Waals surface area (Å²) in [6, 6.07) is 2.81. The van der Waals surface area contributed by atoms with Crippen LogP contribution in [-0.2, 0) is 4.79 Å². The number of aliphatic carboxylic acids is 1. The zero-order valence-corrected chi connectivity index (χ0v) is 12.1. The van der Waals surface area contributed by atoms with Gasteiger partial charge in [0, 0.05) is 12.6 Å². The summed E-state index contributed by atoms with van der Waals surface area (Å²) < 4.78 is 0. The van der Waals surface area contributed by atoms with Gasteiger partial charge in [-0.2, -0.15) is 0 Å². The molecule has 1 rings (SSSR count). The molecule has 0 radical (unpaired) electrons. The summed E-state index contributed by atoms with van der Waals surface area (Å²) in [5.41, 5.74) is 0.0354. The fourth-order valence-electron chi connectivity index (χ4n) is 1.51. The second-order valence-corrected chi connectivity index (χ2v) is 4.99. The highest BCUT2D eigenvalue weighted by molar-refractivity contribution is 6.34. The van der Waals surface area contributed by atoms with Crippen LogP contribution in [0.15, 0.2) is 12.1 Å². The Labute approximate surface area is 121 Å². The number of hydrogen-bond donors (Lipinski definition) is 1. The highest BCUT2D eigenvalue weighted by Crippen LogP contribution is 2.19. The summed E-state index contributed by atoms with van der Waals surface area (Å²) >= 11 is 11.7. The van der Waals surface area contributed by atoms with Gasteiger partial charge < -0.3 is 10.0 Å². The molecule has 19 heavy (non-hydrogen) atoms. The molecule has 1 heterocycles. The number of carboxylic acids is 1. The van der Waals surface area contributed by atoms with Crippen molar-refractivity contribution >= 4 is 35.1 Å². The van der Waals surface area contributed by atoms with Crippen molar-refractivity contribution in [3.8, 4) is 0 Å². The molecule has 0 spiro atoms. The summed E-state index contributed by atoms with van der Waals surface area (Å²) in [5, 5.41) is 9.05. The predicted molar refractivity (Wildman–Crippen MR) is 72.7 cm³/mol. The molecule has 0 aliphatic carbocycles. The number of carbonyl (C=O) groups is 2. The Hall–Kier alpha value is -1.33. The summed E-state index contributed by atoms with van der Waals surface area (Å²) in [5.74, 6) is -1.40. The van der Waals surface area contributed by atoms with E-state index in [9.17, 15) is 9.59 Å². The maximum absolute atomic E-state index is 12.3. The molecule has 0 aliphatic heterocycles. The first-order valence-electron chi connectivity index (χ1n) is 5.67. The third-order valence-corrected chi connectivity index (χ3v) is 2.98. The molecule has 104 valence electrons. The molecule has 1 aromatic heterocycles. The number of halogens is 2. The second kappa shape index (κ2) is 6.73. The van der Waals surface area contributed by atoms with Gasteiger partial charge in [-0.1, -0.05) is 23.2 Å². The zero-order valence-electron chi connectivity index (χ0n) is 10.6. The van der Waals surface area contributed by atoms with Gasteiger partial charge in [0.1, 0.15) is 10.8 Å². The molecule has 0 saturated carbocycles. The minimum Gasteiger partial charge on any atom is -0.481 e. The third-order valence-electron chi connectivity index (χ3n) is 2.47. The van der Waals surface area contributed by atoms with E-state index in [1.165, 1.54) is 17.0 Å². The molecule has 0 aromatic carbocycles. The summed E-state index contributed by atoms with van der Waals surface area (Å²) in [4.78, 5) is 28.2. The molecule has 1 aromatic rings. The molecule has 7 heteroatoms. The lowest BCUT2D eigenvalue weighted by Gasteiger charge is -2.26.